The average Bonchev–Trinajstić information content (AvgIpc) is 2.06. The summed E-state index contributed by atoms with van der Waals surface area (Å²) in [7, 11) is 0. The number of halogens is 1. The lowest BCUT2D eigenvalue weighted by atomic mass is 10.0. The van der Waals surface area contributed by atoms with Gasteiger partial charge in [0.1, 0.15) is 0 Å². The fourth-order valence-electron chi connectivity index (χ4n) is 1.36. The molecule has 1 saturated carbocycles. The first kappa shape index (κ1) is 9.64. The van der Waals surface area contributed by atoms with Gasteiger partial charge in [0.2, 0.25) is 0 Å². The maximum absolute atomic E-state index is 10.9. The van der Waals surface area contributed by atoms with Gasteiger partial charge >= 0.3 is 0 Å². The highest BCUT2D eigenvalue weighted by Crippen LogP contribution is 2.28. The fraction of sp³-hybridized carbons (Fsp3) is 0.857. The van der Waals surface area contributed by atoms with Crippen molar-refractivity contribution in [1.82, 2.24) is 3.53 Å². The van der Waals surface area contributed by atoms with Gasteiger partial charge in [-0.25, -0.2) is 0 Å². The third-order valence-electron chi connectivity index (χ3n) is 1.90. The zero-order valence-corrected chi connectivity index (χ0v) is 9.28. The van der Waals surface area contributed by atoms with E-state index in [0.717, 1.165) is 0 Å². The number of hydrogen-bond acceptors (Lipinski definition) is 2. The molecule has 1 rings (SSSR count). The molecule has 1 aliphatic rings. The van der Waals surface area contributed by atoms with Crippen LogP contribution in [-0.4, -0.2) is 10.5 Å². The molecule has 4 heteroatoms. The van der Waals surface area contributed by atoms with Crippen molar-refractivity contribution in [3.8, 4) is 0 Å². The first-order valence-corrected chi connectivity index (χ1v) is 5.86. The van der Waals surface area contributed by atoms with Crippen LogP contribution in [0.1, 0.15) is 32.1 Å². The minimum atomic E-state index is 0.109. The average molecular weight is 285 g/mol. The van der Waals surface area contributed by atoms with Gasteiger partial charge in [-0.05, 0) is 12.8 Å². The van der Waals surface area contributed by atoms with Crippen LogP contribution in [0, 0.1) is 0 Å². The summed E-state index contributed by atoms with van der Waals surface area (Å²) >= 11 is 3.35. The molecule has 1 amide bonds. The summed E-state index contributed by atoms with van der Waals surface area (Å²) in [4.78, 5) is 10.9. The molecule has 64 valence electrons. The zero-order chi connectivity index (χ0) is 8.10. The maximum Gasteiger partial charge on any atom is 0.287 e. The van der Waals surface area contributed by atoms with E-state index in [9.17, 15) is 4.79 Å². The van der Waals surface area contributed by atoms with Crippen LogP contribution in [0.5, 0.6) is 0 Å². The summed E-state index contributed by atoms with van der Waals surface area (Å²) in [6.45, 7) is 0. The van der Waals surface area contributed by atoms with Crippen molar-refractivity contribution < 1.29 is 4.79 Å². The second-order valence-corrected chi connectivity index (χ2v) is 4.57. The monoisotopic (exact) mass is 285 g/mol. The van der Waals surface area contributed by atoms with Crippen molar-refractivity contribution in [2.45, 2.75) is 37.4 Å². The Balaban J connectivity index is 2.19. The molecule has 0 heterocycles. The van der Waals surface area contributed by atoms with Crippen LogP contribution in [0.4, 0.5) is 4.79 Å². The summed E-state index contributed by atoms with van der Waals surface area (Å²) < 4.78 is 2.61. The highest BCUT2D eigenvalue weighted by Gasteiger charge is 2.16. The van der Waals surface area contributed by atoms with E-state index < -0.39 is 0 Å². The Bertz CT molecular complexity index is 136. The smallest absolute Gasteiger partial charge is 0.287 e. The summed E-state index contributed by atoms with van der Waals surface area (Å²) in [5, 5.41) is 0.691. The lowest BCUT2D eigenvalue weighted by molar-refractivity contribution is 0.266. The van der Waals surface area contributed by atoms with Gasteiger partial charge in [-0.2, -0.15) is 0 Å². The fourth-order valence-corrected chi connectivity index (χ4v) is 2.65. The molecule has 1 aliphatic carbocycles. The third kappa shape index (κ3) is 3.64. The van der Waals surface area contributed by atoms with E-state index >= 15 is 0 Å². The maximum atomic E-state index is 10.9. The normalized spacial score (nSPS) is 19.7. The molecule has 0 atom stereocenters. The van der Waals surface area contributed by atoms with Crippen molar-refractivity contribution in [2.75, 3.05) is 0 Å². The van der Waals surface area contributed by atoms with Crippen LogP contribution in [0.2, 0.25) is 0 Å². The molecular weight excluding hydrogens is 273 g/mol. The molecule has 0 aliphatic heterocycles. The predicted molar refractivity (Wildman–Crippen MR) is 57.0 cm³/mol. The Morgan fingerprint density at radius 3 is 2.55 bits per heavy atom. The number of hydrogen-bond donors (Lipinski definition) is 1. The molecule has 0 aromatic carbocycles. The van der Waals surface area contributed by atoms with E-state index in [4.69, 9.17) is 0 Å². The molecule has 0 spiro atoms. The van der Waals surface area contributed by atoms with Crippen molar-refractivity contribution in [1.29, 1.82) is 0 Å². The number of carbonyl (C=O) groups excluding carboxylic acids is 1. The second-order valence-electron chi connectivity index (χ2n) is 2.76. The highest BCUT2D eigenvalue weighted by atomic mass is 127. The van der Waals surface area contributed by atoms with Crippen molar-refractivity contribution >= 4 is 39.9 Å². The number of amides is 1. The van der Waals surface area contributed by atoms with E-state index in [1.807, 2.05) is 22.9 Å². The second kappa shape index (κ2) is 5.24. The quantitative estimate of drug-likeness (QED) is 0.592. The van der Waals surface area contributed by atoms with Gasteiger partial charge in [-0.1, -0.05) is 31.0 Å². The Morgan fingerprint density at radius 2 is 2.00 bits per heavy atom. The molecule has 0 unspecified atom stereocenters. The molecule has 11 heavy (non-hydrogen) atoms. The minimum absolute atomic E-state index is 0.109. The van der Waals surface area contributed by atoms with Crippen LogP contribution < -0.4 is 3.53 Å². The number of nitrogens with one attached hydrogen (secondary N) is 1. The van der Waals surface area contributed by atoms with Gasteiger partial charge < -0.3 is 0 Å². The molecule has 1 fully saturated rings. The molecule has 0 bridgehead atoms. The van der Waals surface area contributed by atoms with E-state index in [1.54, 1.807) is 0 Å². The molecule has 0 radical (unpaired) electrons. The summed E-state index contributed by atoms with van der Waals surface area (Å²) in [5.74, 6) is 0. The predicted octanol–water partition coefficient (Wildman–Crippen LogP) is 3.11. The lowest BCUT2D eigenvalue weighted by Crippen LogP contribution is -2.14. The highest BCUT2D eigenvalue weighted by molar-refractivity contribution is 14.1. The van der Waals surface area contributed by atoms with Gasteiger partial charge in [0.15, 0.2) is 0 Å². The molecule has 1 N–H and O–H groups in total. The first-order chi connectivity index (χ1) is 5.33. The molecular formula is C7H12INOS. The molecule has 2 nitrogen and oxygen atoms in total. The van der Waals surface area contributed by atoms with Crippen LogP contribution in [0.3, 0.4) is 0 Å². The largest absolute Gasteiger partial charge is 0.289 e. The summed E-state index contributed by atoms with van der Waals surface area (Å²) in [5.41, 5.74) is 0. The SMILES string of the molecule is O=C(NI)SC1CCCCC1. The van der Waals surface area contributed by atoms with Gasteiger partial charge in [0.05, 0.1) is 22.9 Å². The Hall–Kier alpha value is 0.550. The topological polar surface area (TPSA) is 29.1 Å². The van der Waals surface area contributed by atoms with Crippen molar-refractivity contribution in [3.63, 3.8) is 0 Å². The Kier molecular flexibility index (Phi) is 4.59. The minimum Gasteiger partial charge on any atom is -0.289 e. The van der Waals surface area contributed by atoms with Crippen LogP contribution >= 0.6 is 34.6 Å². The van der Waals surface area contributed by atoms with Gasteiger partial charge in [0.25, 0.3) is 5.24 Å². The first-order valence-electron chi connectivity index (χ1n) is 3.90. The summed E-state index contributed by atoms with van der Waals surface area (Å²) in [6, 6.07) is 0. The van der Waals surface area contributed by atoms with Gasteiger partial charge in [-0.3, -0.25) is 8.32 Å². The van der Waals surface area contributed by atoms with Crippen molar-refractivity contribution in [2.24, 2.45) is 0 Å². The zero-order valence-electron chi connectivity index (χ0n) is 6.31. The third-order valence-corrected chi connectivity index (χ3v) is 3.88. The van der Waals surface area contributed by atoms with E-state index in [1.165, 1.54) is 43.9 Å². The van der Waals surface area contributed by atoms with E-state index in [-0.39, 0.29) is 5.24 Å². The number of thioether (sulfide) groups is 1. The van der Waals surface area contributed by atoms with Crippen LogP contribution in [0.15, 0.2) is 0 Å². The van der Waals surface area contributed by atoms with E-state index in [0.29, 0.717) is 5.25 Å². The summed E-state index contributed by atoms with van der Waals surface area (Å²) in [6.07, 6.45) is 6.38. The van der Waals surface area contributed by atoms with Crippen molar-refractivity contribution in [3.05, 3.63) is 0 Å². The molecule has 0 saturated heterocycles. The molecule has 0 aromatic rings. The number of rotatable bonds is 1. The van der Waals surface area contributed by atoms with Crippen LogP contribution in [0.25, 0.3) is 0 Å². The standard InChI is InChI=1S/C7H12INOS/c8-9-7(10)11-6-4-2-1-3-5-6/h6H,1-5H2,(H,9,10). The van der Waals surface area contributed by atoms with E-state index in [2.05, 4.69) is 3.53 Å². The molecule has 0 aromatic heterocycles. The Labute approximate surface area is 85.4 Å². The van der Waals surface area contributed by atoms with Crippen LogP contribution in [-0.2, 0) is 0 Å². The van der Waals surface area contributed by atoms with Gasteiger partial charge in [-0.15, -0.1) is 0 Å². The number of carbonyl (C=O) groups is 1. The lowest BCUT2D eigenvalue weighted by Gasteiger charge is -2.19. The van der Waals surface area contributed by atoms with Gasteiger partial charge in [0, 0.05) is 5.25 Å². The Morgan fingerprint density at radius 1 is 1.36 bits per heavy atom.